The van der Waals surface area contributed by atoms with Crippen LogP contribution < -0.4 is 4.74 Å². The lowest BCUT2D eigenvalue weighted by Crippen LogP contribution is -1.94. The van der Waals surface area contributed by atoms with Crippen molar-refractivity contribution in [1.29, 1.82) is 0 Å². The summed E-state index contributed by atoms with van der Waals surface area (Å²) in [6.45, 7) is 1.85. The first-order valence-corrected chi connectivity index (χ1v) is 3.87. The molecule has 0 amide bonds. The predicted molar refractivity (Wildman–Crippen MR) is 40.9 cm³/mol. The molecule has 0 spiro atoms. The van der Waals surface area contributed by atoms with Gasteiger partial charge in [0.15, 0.2) is 5.06 Å². The van der Waals surface area contributed by atoms with Crippen molar-refractivity contribution in [3.8, 4) is 5.06 Å². The maximum absolute atomic E-state index is 10.2. The Hall–Kier alpha value is -0.540. The van der Waals surface area contributed by atoms with E-state index >= 15 is 0 Å². The van der Waals surface area contributed by atoms with Crippen molar-refractivity contribution in [3.05, 3.63) is 17.0 Å². The van der Waals surface area contributed by atoms with Crippen molar-refractivity contribution in [1.82, 2.24) is 0 Å². The molecule has 0 bridgehead atoms. The van der Waals surface area contributed by atoms with E-state index in [0.717, 1.165) is 5.56 Å². The van der Waals surface area contributed by atoms with Crippen LogP contribution in [0.4, 0.5) is 4.79 Å². The summed E-state index contributed by atoms with van der Waals surface area (Å²) in [5, 5.41) is 2.41. The molecule has 0 unspecified atom stereocenters. The van der Waals surface area contributed by atoms with Gasteiger partial charge in [-0.05, 0) is 18.4 Å². The van der Waals surface area contributed by atoms with Crippen molar-refractivity contribution in [2.45, 2.75) is 6.92 Å². The minimum atomic E-state index is -0.787. The summed E-state index contributed by atoms with van der Waals surface area (Å²) in [5.41, 5.74) is 0.143. The van der Waals surface area contributed by atoms with Gasteiger partial charge in [-0.15, -0.1) is 11.3 Å². The molecule has 54 valence electrons. The second-order valence-corrected chi connectivity index (χ2v) is 2.92. The summed E-state index contributed by atoms with van der Waals surface area (Å²) in [6.07, 6.45) is 0. The molecule has 4 heteroatoms. The first-order valence-electron chi connectivity index (χ1n) is 2.61. The number of hydrogen-bond acceptors (Lipinski definition) is 3. The van der Waals surface area contributed by atoms with Crippen LogP contribution in [-0.4, -0.2) is 5.43 Å². The van der Waals surface area contributed by atoms with Crippen LogP contribution >= 0.6 is 22.9 Å². The Morgan fingerprint density at radius 1 is 1.80 bits per heavy atom. The number of hydrogen-bond donors (Lipinski definition) is 0. The van der Waals surface area contributed by atoms with E-state index in [-0.39, 0.29) is 0 Å². The summed E-state index contributed by atoms with van der Waals surface area (Å²) in [5.74, 6) is 0. The van der Waals surface area contributed by atoms with E-state index < -0.39 is 5.43 Å². The van der Waals surface area contributed by atoms with Gasteiger partial charge in [-0.25, -0.2) is 4.79 Å². The minimum absolute atomic E-state index is 0.569. The van der Waals surface area contributed by atoms with Crippen LogP contribution in [0.15, 0.2) is 11.4 Å². The highest BCUT2D eigenvalue weighted by molar-refractivity contribution is 7.12. The average Bonchev–Trinajstić information content (AvgIpc) is 2.15. The zero-order valence-corrected chi connectivity index (χ0v) is 6.83. The molecule has 0 aliphatic carbocycles. The Bertz CT molecular complexity index is 244. The molecule has 0 aliphatic rings. The van der Waals surface area contributed by atoms with Crippen molar-refractivity contribution in [2.24, 2.45) is 0 Å². The lowest BCUT2D eigenvalue weighted by molar-refractivity contribution is 0.226. The third kappa shape index (κ3) is 1.72. The van der Waals surface area contributed by atoms with Gasteiger partial charge in [-0.2, -0.15) is 0 Å². The van der Waals surface area contributed by atoms with Gasteiger partial charge in [0.05, 0.1) is 0 Å². The van der Waals surface area contributed by atoms with Gasteiger partial charge in [0.2, 0.25) is 0 Å². The van der Waals surface area contributed by atoms with E-state index in [1.165, 1.54) is 11.3 Å². The molecular weight excluding hydrogens is 172 g/mol. The lowest BCUT2D eigenvalue weighted by atomic mass is 10.4. The number of rotatable bonds is 1. The van der Waals surface area contributed by atoms with Crippen LogP contribution in [0.2, 0.25) is 0 Å². The number of carbonyl (C=O) groups is 1. The molecule has 0 saturated carbocycles. The fourth-order valence-electron chi connectivity index (χ4n) is 0.536. The van der Waals surface area contributed by atoms with Gasteiger partial charge in [0.25, 0.3) is 0 Å². The Kier molecular flexibility index (Phi) is 2.29. The Morgan fingerprint density at radius 3 is 2.90 bits per heavy atom. The molecule has 1 rings (SSSR count). The predicted octanol–water partition coefficient (Wildman–Crippen LogP) is 2.79. The Balaban J connectivity index is 2.74. The molecule has 1 aromatic rings. The summed E-state index contributed by atoms with van der Waals surface area (Å²) in [6, 6.07) is 1.86. The van der Waals surface area contributed by atoms with Gasteiger partial charge in [-0.3, -0.25) is 0 Å². The Labute approximate surface area is 67.4 Å². The molecule has 0 N–H and O–H groups in total. The highest BCUT2D eigenvalue weighted by Crippen LogP contribution is 2.25. The molecule has 1 aromatic heterocycles. The van der Waals surface area contributed by atoms with Crippen molar-refractivity contribution < 1.29 is 9.53 Å². The molecule has 0 aliphatic heterocycles. The lowest BCUT2D eigenvalue weighted by Gasteiger charge is -1.94. The zero-order valence-electron chi connectivity index (χ0n) is 5.26. The van der Waals surface area contributed by atoms with Crippen molar-refractivity contribution in [2.75, 3.05) is 0 Å². The van der Waals surface area contributed by atoms with Gasteiger partial charge in [-0.1, -0.05) is 0 Å². The molecule has 0 saturated heterocycles. The standard InChI is InChI=1S/C6H5ClO2S/c1-4-2-3-10-5(4)9-6(7)8/h2-3H,1H3. The minimum Gasteiger partial charge on any atom is -0.403 e. The molecule has 0 aromatic carbocycles. The van der Waals surface area contributed by atoms with E-state index in [1.807, 2.05) is 18.4 Å². The summed E-state index contributed by atoms with van der Waals surface area (Å²) in [4.78, 5) is 10.2. The topological polar surface area (TPSA) is 26.3 Å². The van der Waals surface area contributed by atoms with Crippen molar-refractivity contribution >= 4 is 28.4 Å². The van der Waals surface area contributed by atoms with Gasteiger partial charge in [0.1, 0.15) is 0 Å². The van der Waals surface area contributed by atoms with Crippen LogP contribution in [0.1, 0.15) is 5.56 Å². The van der Waals surface area contributed by atoms with Crippen LogP contribution in [0, 0.1) is 6.92 Å². The van der Waals surface area contributed by atoms with Crippen LogP contribution in [-0.2, 0) is 0 Å². The monoisotopic (exact) mass is 176 g/mol. The van der Waals surface area contributed by atoms with E-state index in [2.05, 4.69) is 4.74 Å². The smallest absolute Gasteiger partial charge is 0.403 e. The zero-order chi connectivity index (χ0) is 7.56. The molecule has 2 nitrogen and oxygen atoms in total. The first kappa shape index (κ1) is 7.57. The van der Waals surface area contributed by atoms with E-state index in [9.17, 15) is 4.79 Å². The van der Waals surface area contributed by atoms with Gasteiger partial charge in [0, 0.05) is 17.2 Å². The number of aryl methyl sites for hydroxylation is 1. The maximum Gasteiger partial charge on any atom is 0.409 e. The van der Waals surface area contributed by atoms with Gasteiger partial charge >= 0.3 is 5.43 Å². The fraction of sp³-hybridized carbons (Fsp3) is 0.167. The maximum atomic E-state index is 10.2. The van der Waals surface area contributed by atoms with E-state index in [4.69, 9.17) is 11.6 Å². The van der Waals surface area contributed by atoms with Crippen LogP contribution in [0.3, 0.4) is 0 Å². The summed E-state index contributed by atoms with van der Waals surface area (Å²) < 4.78 is 4.63. The molecule has 0 atom stereocenters. The van der Waals surface area contributed by atoms with Gasteiger partial charge < -0.3 is 4.74 Å². The molecule has 10 heavy (non-hydrogen) atoms. The largest absolute Gasteiger partial charge is 0.409 e. The van der Waals surface area contributed by atoms with Crippen LogP contribution in [0.5, 0.6) is 5.06 Å². The highest BCUT2D eigenvalue weighted by atomic mass is 35.5. The molecule has 0 radical (unpaired) electrons. The third-order valence-corrected chi connectivity index (χ3v) is 1.96. The summed E-state index contributed by atoms with van der Waals surface area (Å²) in [7, 11) is 0. The molecule has 1 heterocycles. The molecule has 0 fully saturated rings. The number of ether oxygens (including phenoxy) is 1. The summed E-state index contributed by atoms with van der Waals surface area (Å²) >= 11 is 6.34. The first-order chi connectivity index (χ1) is 4.70. The van der Waals surface area contributed by atoms with E-state index in [1.54, 1.807) is 0 Å². The number of carbonyl (C=O) groups excluding carboxylic acids is 1. The van der Waals surface area contributed by atoms with Crippen LogP contribution in [0.25, 0.3) is 0 Å². The van der Waals surface area contributed by atoms with E-state index in [0.29, 0.717) is 5.06 Å². The van der Waals surface area contributed by atoms with Crippen molar-refractivity contribution in [3.63, 3.8) is 0 Å². The molecular formula is C6H5ClO2S. The quantitative estimate of drug-likeness (QED) is 0.615. The normalized spacial score (nSPS) is 9.40. The second-order valence-electron chi connectivity index (χ2n) is 1.73. The third-order valence-electron chi connectivity index (χ3n) is 0.988. The average molecular weight is 177 g/mol. The SMILES string of the molecule is Cc1ccsc1OC(=O)Cl. The fourth-order valence-corrected chi connectivity index (χ4v) is 1.43. The Morgan fingerprint density at radius 2 is 2.50 bits per heavy atom. The highest BCUT2D eigenvalue weighted by Gasteiger charge is 2.03. The second kappa shape index (κ2) is 3.03. The number of halogens is 1. The number of thiophene rings is 1.